The molecule has 6 nitrogen and oxygen atoms in total. The number of benzene rings is 2. The van der Waals surface area contributed by atoms with Crippen LogP contribution in [-0.2, 0) is 4.79 Å². The Bertz CT molecular complexity index is 1020. The van der Waals surface area contributed by atoms with Crippen LogP contribution in [0.4, 0.5) is 21.9 Å². The molecule has 0 spiro atoms. The Kier molecular flexibility index (Phi) is 7.15. The van der Waals surface area contributed by atoms with Gasteiger partial charge in [-0.1, -0.05) is 45.9 Å². The Morgan fingerprint density at radius 3 is 2.09 bits per heavy atom. The number of aliphatic carboxylic acids is 1. The van der Waals surface area contributed by atoms with Gasteiger partial charge >= 0.3 is 12.0 Å². The standard InChI is InChI=1S/C28H37N3O3/c1-17(2)15-31(16-18(3)4)26-12-9-21(23-14-24(23)27(32)33)13-25(26)30-28(34)29-22-10-7-20(8-11-22)19-5-6-19/h7-13,17-19,23-24H,5-6,14-16H2,1-4H3,(H,32,33)(H2,29,30,34)/t23-,24-/m0/s1. The molecule has 0 saturated heterocycles. The quantitative estimate of drug-likeness (QED) is 0.375. The number of urea groups is 1. The van der Waals surface area contributed by atoms with Crippen LogP contribution in [0.3, 0.4) is 0 Å². The molecule has 2 aromatic carbocycles. The first-order valence-corrected chi connectivity index (χ1v) is 12.5. The maximum Gasteiger partial charge on any atom is 0.323 e. The Morgan fingerprint density at radius 2 is 1.56 bits per heavy atom. The zero-order valence-corrected chi connectivity index (χ0v) is 20.7. The van der Waals surface area contributed by atoms with Crippen LogP contribution in [0.25, 0.3) is 0 Å². The lowest BCUT2D eigenvalue weighted by Crippen LogP contribution is -2.32. The highest BCUT2D eigenvalue weighted by atomic mass is 16.4. The van der Waals surface area contributed by atoms with Crippen molar-refractivity contribution in [1.82, 2.24) is 0 Å². The van der Waals surface area contributed by atoms with E-state index in [1.54, 1.807) is 0 Å². The Balaban J connectivity index is 1.56. The molecule has 2 atom stereocenters. The smallest absolute Gasteiger partial charge is 0.323 e. The molecule has 2 aliphatic rings. The third kappa shape index (κ3) is 6.10. The van der Waals surface area contributed by atoms with E-state index in [2.05, 4.69) is 55.4 Å². The largest absolute Gasteiger partial charge is 0.481 e. The summed E-state index contributed by atoms with van der Waals surface area (Å²) in [4.78, 5) is 26.7. The molecule has 6 heteroatoms. The van der Waals surface area contributed by atoms with Crippen molar-refractivity contribution in [2.45, 2.75) is 58.8 Å². The van der Waals surface area contributed by atoms with E-state index in [1.165, 1.54) is 18.4 Å². The number of nitrogens with zero attached hydrogens (tertiary/aromatic N) is 1. The van der Waals surface area contributed by atoms with E-state index >= 15 is 0 Å². The molecule has 2 amide bonds. The third-order valence-corrected chi connectivity index (χ3v) is 6.53. The number of carboxylic acids is 1. The lowest BCUT2D eigenvalue weighted by Gasteiger charge is -2.30. The van der Waals surface area contributed by atoms with Crippen molar-refractivity contribution in [3.8, 4) is 0 Å². The minimum absolute atomic E-state index is 0.00813. The Hall–Kier alpha value is -3.02. The SMILES string of the molecule is CC(C)CN(CC(C)C)c1ccc([C@@H]2C[C@@H]2C(=O)O)cc1NC(=O)Nc1ccc(C2CC2)cc1. The topological polar surface area (TPSA) is 81.7 Å². The number of nitrogens with one attached hydrogen (secondary N) is 2. The van der Waals surface area contributed by atoms with Gasteiger partial charge in [-0.25, -0.2) is 4.79 Å². The fourth-order valence-electron chi connectivity index (χ4n) is 4.69. The number of anilines is 3. The first-order valence-electron chi connectivity index (χ1n) is 12.5. The Labute approximate surface area is 202 Å². The van der Waals surface area contributed by atoms with E-state index in [-0.39, 0.29) is 17.9 Å². The van der Waals surface area contributed by atoms with Crippen LogP contribution in [0.15, 0.2) is 42.5 Å². The molecule has 4 rings (SSSR count). The molecule has 0 radical (unpaired) electrons. The van der Waals surface area contributed by atoms with Crippen LogP contribution in [0, 0.1) is 17.8 Å². The average Bonchev–Trinajstić information content (AvgIpc) is 3.67. The zero-order chi connectivity index (χ0) is 24.4. The monoisotopic (exact) mass is 463 g/mol. The lowest BCUT2D eigenvalue weighted by molar-refractivity contribution is -0.138. The van der Waals surface area contributed by atoms with Crippen LogP contribution < -0.4 is 15.5 Å². The second-order valence-electron chi connectivity index (χ2n) is 10.7. The molecular formula is C28H37N3O3. The molecule has 34 heavy (non-hydrogen) atoms. The molecule has 2 aromatic rings. The highest BCUT2D eigenvalue weighted by molar-refractivity contribution is 6.02. The third-order valence-electron chi connectivity index (χ3n) is 6.53. The van der Waals surface area contributed by atoms with Crippen molar-refractivity contribution >= 4 is 29.1 Å². The highest BCUT2D eigenvalue weighted by Gasteiger charge is 2.44. The van der Waals surface area contributed by atoms with Gasteiger partial charge in [-0.05, 0) is 78.3 Å². The number of rotatable bonds is 10. The van der Waals surface area contributed by atoms with Gasteiger partial charge in [-0.2, -0.15) is 0 Å². The summed E-state index contributed by atoms with van der Waals surface area (Å²) in [5.41, 5.74) is 4.75. The fraction of sp³-hybridized carbons (Fsp3) is 0.500. The molecule has 0 aromatic heterocycles. The van der Waals surface area contributed by atoms with Crippen molar-refractivity contribution in [1.29, 1.82) is 0 Å². The summed E-state index contributed by atoms with van der Waals surface area (Å²) in [7, 11) is 0. The maximum atomic E-state index is 13.0. The van der Waals surface area contributed by atoms with Crippen LogP contribution >= 0.6 is 0 Å². The Morgan fingerprint density at radius 1 is 0.941 bits per heavy atom. The number of carbonyl (C=O) groups excluding carboxylic acids is 1. The van der Waals surface area contributed by atoms with E-state index in [1.807, 2.05) is 30.3 Å². The molecule has 182 valence electrons. The first kappa shape index (κ1) is 24.1. The average molecular weight is 464 g/mol. The molecular weight excluding hydrogens is 426 g/mol. The van der Waals surface area contributed by atoms with Crippen LogP contribution in [0.1, 0.15) is 69.9 Å². The number of hydrogen-bond donors (Lipinski definition) is 3. The lowest BCUT2D eigenvalue weighted by atomic mass is 10.0. The first-order chi connectivity index (χ1) is 16.2. The van der Waals surface area contributed by atoms with E-state index in [9.17, 15) is 14.7 Å². The fourth-order valence-corrected chi connectivity index (χ4v) is 4.69. The summed E-state index contributed by atoms with van der Waals surface area (Å²) >= 11 is 0. The summed E-state index contributed by atoms with van der Waals surface area (Å²) in [6.07, 6.45) is 3.15. The van der Waals surface area contributed by atoms with E-state index in [0.29, 0.717) is 24.2 Å². The molecule has 0 bridgehead atoms. The normalized spacial score (nSPS) is 19.2. The van der Waals surface area contributed by atoms with Gasteiger partial charge in [0.05, 0.1) is 17.3 Å². The van der Waals surface area contributed by atoms with Crippen molar-refractivity contribution in [2.75, 3.05) is 28.6 Å². The van der Waals surface area contributed by atoms with Gasteiger partial charge in [-0.3, -0.25) is 4.79 Å². The van der Waals surface area contributed by atoms with E-state index in [4.69, 9.17) is 0 Å². The highest BCUT2D eigenvalue weighted by Crippen LogP contribution is 2.49. The number of carboxylic acid groups (broad SMARTS) is 1. The van der Waals surface area contributed by atoms with Crippen LogP contribution in [-0.4, -0.2) is 30.2 Å². The molecule has 0 aliphatic heterocycles. The number of amides is 2. The van der Waals surface area contributed by atoms with E-state index in [0.717, 1.165) is 35.7 Å². The van der Waals surface area contributed by atoms with Crippen LogP contribution in [0.2, 0.25) is 0 Å². The van der Waals surface area contributed by atoms with Crippen molar-refractivity contribution in [2.24, 2.45) is 17.8 Å². The van der Waals surface area contributed by atoms with Crippen molar-refractivity contribution < 1.29 is 14.7 Å². The summed E-state index contributed by atoms with van der Waals surface area (Å²) in [5.74, 6) is 0.527. The van der Waals surface area contributed by atoms with Gasteiger partial charge < -0.3 is 20.6 Å². The van der Waals surface area contributed by atoms with Gasteiger partial charge in [0.25, 0.3) is 0 Å². The van der Waals surface area contributed by atoms with Gasteiger partial charge in [0.2, 0.25) is 0 Å². The summed E-state index contributed by atoms with van der Waals surface area (Å²) in [6, 6.07) is 13.8. The molecule has 0 heterocycles. The predicted octanol–water partition coefficient (Wildman–Crippen LogP) is 6.51. The predicted molar refractivity (Wildman–Crippen MR) is 138 cm³/mol. The number of hydrogen-bond acceptors (Lipinski definition) is 3. The van der Waals surface area contributed by atoms with Gasteiger partial charge in [0, 0.05) is 18.8 Å². The number of carbonyl (C=O) groups is 2. The van der Waals surface area contributed by atoms with Crippen molar-refractivity contribution in [3.05, 3.63) is 53.6 Å². The molecule has 3 N–H and O–H groups in total. The molecule has 2 saturated carbocycles. The minimum Gasteiger partial charge on any atom is -0.481 e. The van der Waals surface area contributed by atoms with Gasteiger partial charge in [0.15, 0.2) is 0 Å². The molecule has 2 fully saturated rings. The van der Waals surface area contributed by atoms with Gasteiger partial charge in [-0.15, -0.1) is 0 Å². The molecule has 0 unspecified atom stereocenters. The summed E-state index contributed by atoms with van der Waals surface area (Å²) < 4.78 is 0. The summed E-state index contributed by atoms with van der Waals surface area (Å²) in [6.45, 7) is 10.5. The maximum absolute atomic E-state index is 13.0. The van der Waals surface area contributed by atoms with Crippen LogP contribution in [0.5, 0.6) is 0 Å². The van der Waals surface area contributed by atoms with Gasteiger partial charge in [0.1, 0.15) is 0 Å². The molecule has 2 aliphatic carbocycles. The zero-order valence-electron chi connectivity index (χ0n) is 20.7. The summed E-state index contributed by atoms with van der Waals surface area (Å²) in [5, 5.41) is 15.4. The second-order valence-corrected chi connectivity index (χ2v) is 10.7. The van der Waals surface area contributed by atoms with E-state index < -0.39 is 5.97 Å². The second kappa shape index (κ2) is 10.1. The minimum atomic E-state index is -0.753. The van der Waals surface area contributed by atoms with Crippen molar-refractivity contribution in [3.63, 3.8) is 0 Å².